The van der Waals surface area contributed by atoms with Gasteiger partial charge in [-0.2, -0.15) is 0 Å². The SMILES string of the molecule is CNC(=O)C(C)(C)CNC(=O)C1CC(C(=O)O)=NO1. The van der Waals surface area contributed by atoms with Crippen molar-refractivity contribution in [2.45, 2.75) is 26.4 Å². The summed E-state index contributed by atoms with van der Waals surface area (Å²) in [5.74, 6) is -1.90. The second-order valence-electron chi connectivity index (χ2n) is 4.82. The van der Waals surface area contributed by atoms with E-state index in [0.717, 1.165) is 0 Å². The molecule has 0 aromatic heterocycles. The zero-order valence-corrected chi connectivity index (χ0v) is 11.0. The van der Waals surface area contributed by atoms with E-state index in [0.29, 0.717) is 0 Å². The van der Waals surface area contributed by atoms with Crippen molar-refractivity contribution in [1.29, 1.82) is 0 Å². The van der Waals surface area contributed by atoms with Crippen LogP contribution in [0.1, 0.15) is 20.3 Å². The smallest absolute Gasteiger partial charge is 0.353 e. The average Bonchev–Trinajstić information content (AvgIpc) is 2.84. The Labute approximate surface area is 110 Å². The van der Waals surface area contributed by atoms with E-state index in [1.54, 1.807) is 13.8 Å². The van der Waals surface area contributed by atoms with Gasteiger partial charge in [-0.1, -0.05) is 5.16 Å². The first-order chi connectivity index (χ1) is 8.77. The molecule has 0 bridgehead atoms. The van der Waals surface area contributed by atoms with E-state index in [4.69, 9.17) is 9.94 Å². The van der Waals surface area contributed by atoms with Crippen LogP contribution in [0, 0.1) is 5.41 Å². The van der Waals surface area contributed by atoms with Gasteiger partial charge in [-0.05, 0) is 13.8 Å². The fourth-order valence-electron chi connectivity index (χ4n) is 1.48. The summed E-state index contributed by atoms with van der Waals surface area (Å²) >= 11 is 0. The lowest BCUT2D eigenvalue weighted by atomic mass is 9.92. The van der Waals surface area contributed by atoms with Crippen LogP contribution in [-0.2, 0) is 19.2 Å². The highest BCUT2D eigenvalue weighted by Gasteiger charge is 2.33. The van der Waals surface area contributed by atoms with Crippen LogP contribution in [0.2, 0.25) is 0 Å². The minimum absolute atomic E-state index is 0.0818. The van der Waals surface area contributed by atoms with Crippen LogP contribution in [0.3, 0.4) is 0 Å². The molecule has 2 amide bonds. The quantitative estimate of drug-likeness (QED) is 0.599. The van der Waals surface area contributed by atoms with Gasteiger partial charge in [-0.25, -0.2) is 4.79 Å². The molecule has 0 saturated heterocycles. The summed E-state index contributed by atoms with van der Waals surface area (Å²) in [4.78, 5) is 38.6. The highest BCUT2D eigenvalue weighted by Crippen LogP contribution is 2.15. The molecule has 1 aliphatic rings. The number of aliphatic carboxylic acids is 1. The van der Waals surface area contributed by atoms with Crippen molar-refractivity contribution in [3.63, 3.8) is 0 Å². The molecule has 0 radical (unpaired) electrons. The van der Waals surface area contributed by atoms with Crippen LogP contribution in [-0.4, -0.2) is 48.3 Å². The lowest BCUT2D eigenvalue weighted by Gasteiger charge is -2.23. The number of nitrogens with one attached hydrogen (secondary N) is 2. The maximum Gasteiger partial charge on any atom is 0.353 e. The van der Waals surface area contributed by atoms with Crippen LogP contribution >= 0.6 is 0 Å². The Morgan fingerprint density at radius 2 is 2.11 bits per heavy atom. The van der Waals surface area contributed by atoms with E-state index in [2.05, 4.69) is 15.8 Å². The molecule has 8 nitrogen and oxygen atoms in total. The number of carboxylic acids is 1. The average molecular weight is 271 g/mol. The van der Waals surface area contributed by atoms with Gasteiger partial charge >= 0.3 is 5.97 Å². The van der Waals surface area contributed by atoms with E-state index >= 15 is 0 Å². The molecule has 0 fully saturated rings. The molecule has 1 heterocycles. The number of oxime groups is 1. The van der Waals surface area contributed by atoms with Crippen molar-refractivity contribution < 1.29 is 24.3 Å². The molecular weight excluding hydrogens is 254 g/mol. The second-order valence-corrected chi connectivity index (χ2v) is 4.82. The molecule has 0 aromatic rings. The molecule has 1 atom stereocenters. The predicted octanol–water partition coefficient (Wildman–Crippen LogP) is -0.896. The van der Waals surface area contributed by atoms with E-state index in [9.17, 15) is 14.4 Å². The third kappa shape index (κ3) is 3.67. The van der Waals surface area contributed by atoms with Gasteiger partial charge in [-0.3, -0.25) is 9.59 Å². The zero-order chi connectivity index (χ0) is 14.6. The van der Waals surface area contributed by atoms with Crippen molar-refractivity contribution in [3.8, 4) is 0 Å². The highest BCUT2D eigenvalue weighted by molar-refractivity contribution is 6.36. The van der Waals surface area contributed by atoms with Gasteiger partial charge in [0.05, 0.1) is 5.41 Å². The first-order valence-corrected chi connectivity index (χ1v) is 5.74. The molecule has 19 heavy (non-hydrogen) atoms. The van der Waals surface area contributed by atoms with Crippen molar-refractivity contribution in [3.05, 3.63) is 0 Å². The lowest BCUT2D eigenvalue weighted by Crippen LogP contribution is -2.46. The summed E-state index contributed by atoms with van der Waals surface area (Å²) < 4.78 is 0. The molecule has 0 spiro atoms. The Hall–Kier alpha value is -2.12. The standard InChI is InChI=1S/C11H17N3O5/c1-11(2,10(18)12-3)5-13-8(15)7-4-6(9(16)17)14-19-7/h7H,4-5H2,1-3H3,(H,12,18)(H,13,15)(H,16,17). The Bertz CT molecular complexity index is 430. The molecule has 0 aliphatic carbocycles. The predicted molar refractivity (Wildman–Crippen MR) is 65.4 cm³/mol. The van der Waals surface area contributed by atoms with Crippen molar-refractivity contribution >= 4 is 23.5 Å². The molecule has 1 unspecified atom stereocenters. The molecule has 1 aliphatic heterocycles. The zero-order valence-electron chi connectivity index (χ0n) is 11.0. The summed E-state index contributed by atoms with van der Waals surface area (Å²) in [7, 11) is 1.51. The first kappa shape index (κ1) is 14.9. The Balaban J connectivity index is 2.46. The largest absolute Gasteiger partial charge is 0.477 e. The van der Waals surface area contributed by atoms with Gasteiger partial charge in [0.2, 0.25) is 12.0 Å². The number of nitrogens with zero attached hydrogens (tertiary/aromatic N) is 1. The summed E-state index contributed by atoms with van der Waals surface area (Å²) in [5, 5.41) is 17.0. The van der Waals surface area contributed by atoms with Crippen LogP contribution in [0.15, 0.2) is 5.16 Å². The molecule has 106 valence electrons. The van der Waals surface area contributed by atoms with Gasteiger partial charge in [0.15, 0.2) is 5.71 Å². The third-order valence-electron chi connectivity index (χ3n) is 2.75. The topological polar surface area (TPSA) is 117 Å². The highest BCUT2D eigenvalue weighted by atomic mass is 16.6. The van der Waals surface area contributed by atoms with Gasteiger partial charge in [0, 0.05) is 20.0 Å². The van der Waals surface area contributed by atoms with Crippen LogP contribution in [0.25, 0.3) is 0 Å². The van der Waals surface area contributed by atoms with E-state index in [-0.39, 0.29) is 24.6 Å². The first-order valence-electron chi connectivity index (χ1n) is 5.74. The molecular formula is C11H17N3O5. The number of carbonyl (C=O) groups is 3. The number of hydrogen-bond acceptors (Lipinski definition) is 5. The van der Waals surface area contributed by atoms with E-state index in [1.165, 1.54) is 7.05 Å². The summed E-state index contributed by atoms with van der Waals surface area (Å²) in [5.41, 5.74) is -0.954. The third-order valence-corrected chi connectivity index (χ3v) is 2.75. The Morgan fingerprint density at radius 1 is 1.47 bits per heavy atom. The summed E-state index contributed by atoms with van der Waals surface area (Å²) in [6.07, 6.45) is -1.03. The van der Waals surface area contributed by atoms with E-state index < -0.39 is 23.4 Å². The van der Waals surface area contributed by atoms with Gasteiger partial charge in [0.1, 0.15) is 0 Å². The minimum atomic E-state index is -1.21. The van der Waals surface area contributed by atoms with E-state index in [1.807, 2.05) is 0 Å². The maximum atomic E-state index is 11.7. The molecule has 3 N–H and O–H groups in total. The maximum absolute atomic E-state index is 11.7. The van der Waals surface area contributed by atoms with Crippen LogP contribution in [0.4, 0.5) is 0 Å². The summed E-state index contributed by atoms with van der Waals surface area (Å²) in [6.45, 7) is 3.48. The Kier molecular flexibility index (Phi) is 4.47. The number of carbonyl (C=O) groups excluding carboxylic acids is 2. The lowest BCUT2D eigenvalue weighted by molar-refractivity contribution is -0.133. The number of rotatable bonds is 5. The van der Waals surface area contributed by atoms with Gasteiger partial charge in [0.25, 0.3) is 5.91 Å². The fraction of sp³-hybridized carbons (Fsp3) is 0.636. The number of hydrogen-bond donors (Lipinski definition) is 3. The van der Waals surface area contributed by atoms with Crippen molar-refractivity contribution in [1.82, 2.24) is 10.6 Å². The van der Waals surface area contributed by atoms with Gasteiger partial charge in [-0.15, -0.1) is 0 Å². The number of amides is 2. The van der Waals surface area contributed by atoms with Crippen molar-refractivity contribution in [2.75, 3.05) is 13.6 Å². The normalized spacial score (nSPS) is 18.3. The fourth-order valence-corrected chi connectivity index (χ4v) is 1.48. The molecule has 0 saturated carbocycles. The molecule has 8 heteroatoms. The number of carboxylic acid groups (broad SMARTS) is 1. The van der Waals surface area contributed by atoms with Crippen molar-refractivity contribution in [2.24, 2.45) is 10.6 Å². The minimum Gasteiger partial charge on any atom is -0.477 e. The van der Waals surface area contributed by atoms with Crippen LogP contribution < -0.4 is 10.6 Å². The molecule has 0 aromatic carbocycles. The second kappa shape index (κ2) is 5.68. The van der Waals surface area contributed by atoms with Gasteiger partial charge < -0.3 is 20.6 Å². The van der Waals surface area contributed by atoms with Crippen LogP contribution in [0.5, 0.6) is 0 Å². The molecule has 1 rings (SSSR count). The summed E-state index contributed by atoms with van der Waals surface area (Å²) in [6, 6.07) is 0. The Morgan fingerprint density at radius 3 is 2.58 bits per heavy atom. The monoisotopic (exact) mass is 271 g/mol.